The SMILES string of the molecule is CC(C)c1ccc(SCC(=O)N[C@H]2CCCNC2)cc1. The van der Waals surface area contributed by atoms with Crippen LogP contribution in [0.15, 0.2) is 29.2 Å². The van der Waals surface area contributed by atoms with Crippen molar-refractivity contribution in [1.82, 2.24) is 10.6 Å². The molecule has 110 valence electrons. The summed E-state index contributed by atoms with van der Waals surface area (Å²) >= 11 is 1.61. The van der Waals surface area contributed by atoms with Crippen molar-refractivity contribution in [2.24, 2.45) is 0 Å². The highest BCUT2D eigenvalue weighted by Crippen LogP contribution is 2.21. The van der Waals surface area contributed by atoms with E-state index in [0.29, 0.717) is 17.7 Å². The molecule has 0 aromatic heterocycles. The van der Waals surface area contributed by atoms with E-state index in [9.17, 15) is 4.79 Å². The van der Waals surface area contributed by atoms with Gasteiger partial charge in [-0.15, -0.1) is 11.8 Å². The Morgan fingerprint density at radius 3 is 2.75 bits per heavy atom. The Bertz CT molecular complexity index is 425. The Hall–Kier alpha value is -1.00. The van der Waals surface area contributed by atoms with Gasteiger partial charge in [-0.3, -0.25) is 4.79 Å². The maximum atomic E-state index is 11.9. The fourth-order valence-electron chi connectivity index (χ4n) is 2.34. The van der Waals surface area contributed by atoms with Crippen LogP contribution in [0, 0.1) is 0 Å². The molecule has 0 spiro atoms. The second-order valence-corrected chi connectivity index (χ2v) is 6.67. The van der Waals surface area contributed by atoms with E-state index in [1.54, 1.807) is 11.8 Å². The first-order chi connectivity index (χ1) is 9.65. The van der Waals surface area contributed by atoms with Crippen LogP contribution in [0.5, 0.6) is 0 Å². The number of piperidine rings is 1. The minimum atomic E-state index is 0.136. The maximum Gasteiger partial charge on any atom is 0.230 e. The van der Waals surface area contributed by atoms with Crippen molar-refractivity contribution in [3.63, 3.8) is 0 Å². The molecule has 1 heterocycles. The molecule has 2 rings (SSSR count). The molecule has 1 aromatic carbocycles. The van der Waals surface area contributed by atoms with Gasteiger partial charge in [0.15, 0.2) is 0 Å². The van der Waals surface area contributed by atoms with Crippen molar-refractivity contribution in [3.8, 4) is 0 Å². The Balaban J connectivity index is 1.74. The van der Waals surface area contributed by atoms with Gasteiger partial charge in [0, 0.05) is 17.5 Å². The number of nitrogens with one attached hydrogen (secondary N) is 2. The Labute approximate surface area is 125 Å². The summed E-state index contributed by atoms with van der Waals surface area (Å²) in [5.41, 5.74) is 1.34. The average molecular weight is 292 g/mol. The van der Waals surface area contributed by atoms with Gasteiger partial charge in [0.2, 0.25) is 5.91 Å². The van der Waals surface area contributed by atoms with Gasteiger partial charge in [-0.2, -0.15) is 0 Å². The molecule has 1 atom stereocenters. The summed E-state index contributed by atoms with van der Waals surface area (Å²) in [7, 11) is 0. The zero-order valence-electron chi connectivity index (χ0n) is 12.3. The van der Waals surface area contributed by atoms with Gasteiger partial charge in [-0.1, -0.05) is 26.0 Å². The normalized spacial score (nSPS) is 19.1. The fraction of sp³-hybridized carbons (Fsp3) is 0.562. The Morgan fingerprint density at radius 2 is 2.15 bits per heavy atom. The number of thioether (sulfide) groups is 1. The largest absolute Gasteiger partial charge is 0.351 e. The van der Waals surface area contributed by atoms with Crippen molar-refractivity contribution in [3.05, 3.63) is 29.8 Å². The minimum Gasteiger partial charge on any atom is -0.351 e. The van der Waals surface area contributed by atoms with Crippen LogP contribution in [0.4, 0.5) is 0 Å². The summed E-state index contributed by atoms with van der Waals surface area (Å²) in [6, 6.07) is 8.82. The van der Waals surface area contributed by atoms with Crippen LogP contribution >= 0.6 is 11.8 Å². The molecule has 1 aliphatic heterocycles. The van der Waals surface area contributed by atoms with E-state index < -0.39 is 0 Å². The summed E-state index contributed by atoms with van der Waals surface area (Å²) in [4.78, 5) is 13.1. The van der Waals surface area contributed by atoms with Gasteiger partial charge in [0.05, 0.1) is 5.75 Å². The highest BCUT2D eigenvalue weighted by Gasteiger charge is 2.15. The predicted molar refractivity (Wildman–Crippen MR) is 85.3 cm³/mol. The number of benzene rings is 1. The van der Waals surface area contributed by atoms with Crippen molar-refractivity contribution in [2.75, 3.05) is 18.8 Å². The summed E-state index contributed by atoms with van der Waals surface area (Å²) in [6.07, 6.45) is 2.24. The molecule has 0 unspecified atom stereocenters. The molecule has 1 fully saturated rings. The smallest absolute Gasteiger partial charge is 0.230 e. The molecular weight excluding hydrogens is 268 g/mol. The van der Waals surface area contributed by atoms with Crippen LogP contribution in [-0.4, -0.2) is 30.8 Å². The van der Waals surface area contributed by atoms with E-state index in [4.69, 9.17) is 0 Å². The second kappa shape index (κ2) is 7.70. The molecule has 1 saturated heterocycles. The van der Waals surface area contributed by atoms with Crippen molar-refractivity contribution in [2.45, 2.75) is 43.5 Å². The predicted octanol–water partition coefficient (Wildman–Crippen LogP) is 2.77. The third-order valence-electron chi connectivity index (χ3n) is 3.58. The molecule has 1 aromatic rings. The Kier molecular flexibility index (Phi) is 5.92. The van der Waals surface area contributed by atoms with E-state index in [2.05, 4.69) is 48.7 Å². The number of amides is 1. The summed E-state index contributed by atoms with van der Waals surface area (Å²) < 4.78 is 0. The van der Waals surface area contributed by atoms with Crippen LogP contribution in [0.1, 0.15) is 38.2 Å². The highest BCUT2D eigenvalue weighted by molar-refractivity contribution is 8.00. The quantitative estimate of drug-likeness (QED) is 0.820. The van der Waals surface area contributed by atoms with Crippen LogP contribution in [0.2, 0.25) is 0 Å². The molecule has 1 aliphatic rings. The maximum absolute atomic E-state index is 11.9. The number of carbonyl (C=O) groups excluding carboxylic acids is 1. The lowest BCUT2D eigenvalue weighted by atomic mass is 10.0. The highest BCUT2D eigenvalue weighted by atomic mass is 32.2. The first kappa shape index (κ1) is 15.4. The lowest BCUT2D eigenvalue weighted by Gasteiger charge is -2.23. The molecular formula is C16H24N2OS. The van der Waals surface area contributed by atoms with Crippen LogP contribution in [0.3, 0.4) is 0 Å². The average Bonchev–Trinajstić information content (AvgIpc) is 2.46. The fourth-order valence-corrected chi connectivity index (χ4v) is 3.05. The van der Waals surface area contributed by atoms with Gasteiger partial charge < -0.3 is 10.6 Å². The van der Waals surface area contributed by atoms with Crippen molar-refractivity contribution >= 4 is 17.7 Å². The van der Waals surface area contributed by atoms with Gasteiger partial charge in [-0.05, 0) is 43.0 Å². The third kappa shape index (κ3) is 4.84. The molecule has 20 heavy (non-hydrogen) atoms. The first-order valence-corrected chi connectivity index (χ1v) is 8.36. The standard InChI is InChI=1S/C16H24N2OS/c1-12(2)13-5-7-15(8-6-13)20-11-16(19)18-14-4-3-9-17-10-14/h5-8,12,14,17H,3-4,9-11H2,1-2H3,(H,18,19)/t14-/m0/s1. The molecule has 0 bridgehead atoms. The zero-order valence-corrected chi connectivity index (χ0v) is 13.1. The molecule has 1 amide bonds. The molecule has 0 aliphatic carbocycles. The summed E-state index contributed by atoms with van der Waals surface area (Å²) in [5.74, 6) is 1.19. The van der Waals surface area contributed by atoms with E-state index in [-0.39, 0.29) is 5.91 Å². The summed E-state index contributed by atoms with van der Waals surface area (Å²) in [5, 5.41) is 6.41. The van der Waals surface area contributed by atoms with Crippen LogP contribution in [0.25, 0.3) is 0 Å². The van der Waals surface area contributed by atoms with E-state index in [1.807, 2.05) is 0 Å². The number of hydrogen-bond acceptors (Lipinski definition) is 3. The lowest BCUT2D eigenvalue weighted by Crippen LogP contribution is -2.46. The van der Waals surface area contributed by atoms with Crippen molar-refractivity contribution < 1.29 is 4.79 Å². The zero-order chi connectivity index (χ0) is 14.4. The molecule has 3 nitrogen and oxygen atoms in total. The third-order valence-corrected chi connectivity index (χ3v) is 4.59. The molecule has 4 heteroatoms. The molecule has 0 radical (unpaired) electrons. The summed E-state index contributed by atoms with van der Waals surface area (Å²) in [6.45, 7) is 6.35. The van der Waals surface area contributed by atoms with Gasteiger partial charge in [0.1, 0.15) is 0 Å². The monoisotopic (exact) mass is 292 g/mol. The van der Waals surface area contributed by atoms with E-state index in [0.717, 1.165) is 30.8 Å². The van der Waals surface area contributed by atoms with Gasteiger partial charge in [0.25, 0.3) is 0 Å². The van der Waals surface area contributed by atoms with Crippen LogP contribution < -0.4 is 10.6 Å². The first-order valence-electron chi connectivity index (χ1n) is 7.38. The van der Waals surface area contributed by atoms with E-state index in [1.165, 1.54) is 5.56 Å². The van der Waals surface area contributed by atoms with Gasteiger partial charge in [-0.25, -0.2) is 0 Å². The number of hydrogen-bond donors (Lipinski definition) is 2. The van der Waals surface area contributed by atoms with Crippen molar-refractivity contribution in [1.29, 1.82) is 0 Å². The minimum absolute atomic E-state index is 0.136. The second-order valence-electron chi connectivity index (χ2n) is 5.62. The van der Waals surface area contributed by atoms with Crippen LogP contribution in [-0.2, 0) is 4.79 Å². The van der Waals surface area contributed by atoms with E-state index >= 15 is 0 Å². The Morgan fingerprint density at radius 1 is 1.40 bits per heavy atom. The molecule has 0 saturated carbocycles. The number of rotatable bonds is 5. The lowest BCUT2D eigenvalue weighted by molar-refractivity contribution is -0.119. The molecule has 2 N–H and O–H groups in total. The number of carbonyl (C=O) groups is 1. The topological polar surface area (TPSA) is 41.1 Å². The van der Waals surface area contributed by atoms with Gasteiger partial charge >= 0.3 is 0 Å².